The Morgan fingerprint density at radius 3 is 1.48 bits per heavy atom. The lowest BCUT2D eigenvalue weighted by Gasteiger charge is -2.20. The number of hydrogen-bond donors (Lipinski definition) is 0. The molecule has 0 fully saturated rings. The quantitative estimate of drug-likeness (QED) is 0.457. The van der Waals surface area contributed by atoms with Gasteiger partial charge in [0, 0.05) is 35.5 Å². The molecule has 0 radical (unpaired) electrons. The summed E-state index contributed by atoms with van der Waals surface area (Å²) in [5.74, 6) is 0. The minimum Gasteiger partial charge on any atom is -0.382 e. The first kappa shape index (κ1) is 20.8. The highest BCUT2D eigenvalue weighted by molar-refractivity contribution is 4.62. The summed E-state index contributed by atoms with van der Waals surface area (Å²) in [6, 6.07) is 0. The van der Waals surface area contributed by atoms with Crippen molar-refractivity contribution in [2.45, 2.75) is 37.6 Å². The zero-order chi connectivity index (χ0) is 15.9. The minimum atomic E-state index is -0.0351. The Morgan fingerprint density at radius 2 is 1.00 bits per heavy atom. The average Bonchev–Trinajstić information content (AvgIpc) is 2.51. The van der Waals surface area contributed by atoms with Crippen LogP contribution in [-0.2, 0) is 28.4 Å². The first-order valence-corrected chi connectivity index (χ1v) is 7.35. The SMILES string of the molecule is COCC(CCCC(COCC(COC)OC)OC)OC. The molecule has 0 aromatic heterocycles. The fourth-order valence-electron chi connectivity index (χ4n) is 2.00. The largest absolute Gasteiger partial charge is 0.382 e. The van der Waals surface area contributed by atoms with Crippen molar-refractivity contribution >= 4 is 0 Å². The molecule has 0 aliphatic carbocycles. The molecule has 128 valence electrons. The molecule has 0 aromatic rings. The van der Waals surface area contributed by atoms with Crippen molar-refractivity contribution in [1.29, 1.82) is 0 Å². The van der Waals surface area contributed by atoms with E-state index in [1.807, 2.05) is 0 Å². The van der Waals surface area contributed by atoms with Gasteiger partial charge in [0.2, 0.25) is 0 Å². The van der Waals surface area contributed by atoms with Crippen LogP contribution in [-0.4, -0.2) is 80.3 Å². The van der Waals surface area contributed by atoms with E-state index in [1.54, 1.807) is 35.5 Å². The maximum absolute atomic E-state index is 5.64. The normalized spacial score (nSPS) is 15.9. The standard InChI is InChI=1S/C15H32O6/c1-16-9-13(18-3)7-6-8-14(19-4)11-21-12-15(20-5)10-17-2/h13-15H,6-12H2,1-5H3. The minimum absolute atomic E-state index is 0.0351. The van der Waals surface area contributed by atoms with E-state index in [0.29, 0.717) is 26.4 Å². The molecule has 0 aliphatic rings. The Labute approximate surface area is 129 Å². The van der Waals surface area contributed by atoms with Crippen molar-refractivity contribution in [3.63, 3.8) is 0 Å². The third-order valence-electron chi connectivity index (χ3n) is 3.36. The molecule has 3 unspecified atom stereocenters. The lowest BCUT2D eigenvalue weighted by Crippen LogP contribution is -2.27. The zero-order valence-corrected chi connectivity index (χ0v) is 14.1. The van der Waals surface area contributed by atoms with Crippen molar-refractivity contribution < 1.29 is 28.4 Å². The summed E-state index contributed by atoms with van der Waals surface area (Å²) >= 11 is 0. The van der Waals surface area contributed by atoms with E-state index in [1.165, 1.54) is 0 Å². The topological polar surface area (TPSA) is 55.4 Å². The van der Waals surface area contributed by atoms with Gasteiger partial charge in [-0.05, 0) is 19.3 Å². The molecule has 6 heteroatoms. The van der Waals surface area contributed by atoms with E-state index in [-0.39, 0.29) is 18.3 Å². The predicted octanol–water partition coefficient (Wildman–Crippen LogP) is 1.51. The van der Waals surface area contributed by atoms with Crippen LogP contribution in [0.4, 0.5) is 0 Å². The highest BCUT2D eigenvalue weighted by Crippen LogP contribution is 2.10. The summed E-state index contributed by atoms with van der Waals surface area (Å²) in [6.07, 6.45) is 3.09. The van der Waals surface area contributed by atoms with Crippen molar-refractivity contribution in [2.75, 3.05) is 62.0 Å². The van der Waals surface area contributed by atoms with Gasteiger partial charge in [0.05, 0.1) is 38.6 Å². The van der Waals surface area contributed by atoms with E-state index in [0.717, 1.165) is 19.3 Å². The lowest BCUT2D eigenvalue weighted by molar-refractivity contribution is -0.0580. The van der Waals surface area contributed by atoms with E-state index < -0.39 is 0 Å². The van der Waals surface area contributed by atoms with Crippen LogP contribution in [0, 0.1) is 0 Å². The van der Waals surface area contributed by atoms with Gasteiger partial charge in [-0.1, -0.05) is 0 Å². The molecular formula is C15H32O6. The molecule has 0 saturated carbocycles. The zero-order valence-electron chi connectivity index (χ0n) is 14.1. The second-order valence-electron chi connectivity index (χ2n) is 4.95. The summed E-state index contributed by atoms with van der Waals surface area (Å²) in [4.78, 5) is 0. The molecule has 0 aromatic carbocycles. The molecule has 0 saturated heterocycles. The van der Waals surface area contributed by atoms with Crippen molar-refractivity contribution in [2.24, 2.45) is 0 Å². The Hall–Kier alpha value is -0.240. The van der Waals surface area contributed by atoms with Crippen LogP contribution in [0.5, 0.6) is 0 Å². The van der Waals surface area contributed by atoms with Crippen LogP contribution in [0.1, 0.15) is 19.3 Å². The summed E-state index contributed by atoms with van der Waals surface area (Å²) in [5.41, 5.74) is 0. The lowest BCUT2D eigenvalue weighted by atomic mass is 10.1. The number of ether oxygens (including phenoxy) is 6. The van der Waals surface area contributed by atoms with E-state index in [2.05, 4.69) is 0 Å². The maximum Gasteiger partial charge on any atom is 0.104 e. The molecule has 0 amide bonds. The fraction of sp³-hybridized carbons (Fsp3) is 1.00. The molecule has 6 nitrogen and oxygen atoms in total. The van der Waals surface area contributed by atoms with Gasteiger partial charge in [0.1, 0.15) is 6.10 Å². The van der Waals surface area contributed by atoms with Crippen LogP contribution in [0.25, 0.3) is 0 Å². The molecule has 0 aliphatic heterocycles. The van der Waals surface area contributed by atoms with Crippen LogP contribution < -0.4 is 0 Å². The Bertz CT molecular complexity index is 194. The molecule has 3 atom stereocenters. The first-order chi connectivity index (χ1) is 10.2. The molecular weight excluding hydrogens is 276 g/mol. The Morgan fingerprint density at radius 1 is 0.571 bits per heavy atom. The Balaban J connectivity index is 3.79. The molecule has 21 heavy (non-hydrogen) atoms. The van der Waals surface area contributed by atoms with Crippen LogP contribution in [0.2, 0.25) is 0 Å². The van der Waals surface area contributed by atoms with Gasteiger partial charge in [-0.15, -0.1) is 0 Å². The average molecular weight is 308 g/mol. The van der Waals surface area contributed by atoms with E-state index >= 15 is 0 Å². The van der Waals surface area contributed by atoms with Gasteiger partial charge >= 0.3 is 0 Å². The van der Waals surface area contributed by atoms with Crippen LogP contribution >= 0.6 is 0 Å². The molecule has 0 bridgehead atoms. The number of methoxy groups -OCH3 is 5. The van der Waals surface area contributed by atoms with Gasteiger partial charge in [-0.3, -0.25) is 0 Å². The fourth-order valence-corrected chi connectivity index (χ4v) is 2.00. The summed E-state index contributed by atoms with van der Waals surface area (Å²) in [7, 11) is 8.41. The highest BCUT2D eigenvalue weighted by atomic mass is 16.6. The third-order valence-corrected chi connectivity index (χ3v) is 3.36. The summed E-state index contributed by atoms with van der Waals surface area (Å²) < 4.78 is 31.8. The highest BCUT2D eigenvalue weighted by Gasteiger charge is 2.13. The number of hydrogen-bond acceptors (Lipinski definition) is 6. The van der Waals surface area contributed by atoms with E-state index in [9.17, 15) is 0 Å². The van der Waals surface area contributed by atoms with Crippen molar-refractivity contribution in [3.05, 3.63) is 0 Å². The third kappa shape index (κ3) is 11.0. The van der Waals surface area contributed by atoms with Crippen molar-refractivity contribution in [3.8, 4) is 0 Å². The molecule has 0 spiro atoms. The number of rotatable bonds is 15. The summed E-state index contributed by atoms with van der Waals surface area (Å²) in [6.45, 7) is 2.22. The van der Waals surface area contributed by atoms with E-state index in [4.69, 9.17) is 28.4 Å². The monoisotopic (exact) mass is 308 g/mol. The Kier molecular flexibility index (Phi) is 14.5. The van der Waals surface area contributed by atoms with Crippen LogP contribution in [0.15, 0.2) is 0 Å². The van der Waals surface area contributed by atoms with Crippen LogP contribution in [0.3, 0.4) is 0 Å². The molecule has 0 rings (SSSR count). The second-order valence-corrected chi connectivity index (χ2v) is 4.95. The van der Waals surface area contributed by atoms with Gasteiger partial charge < -0.3 is 28.4 Å². The smallest absolute Gasteiger partial charge is 0.104 e. The predicted molar refractivity (Wildman–Crippen MR) is 80.8 cm³/mol. The summed E-state index contributed by atoms with van der Waals surface area (Å²) in [5, 5.41) is 0. The first-order valence-electron chi connectivity index (χ1n) is 7.35. The molecule has 0 heterocycles. The maximum atomic E-state index is 5.64. The van der Waals surface area contributed by atoms with Gasteiger partial charge in [-0.25, -0.2) is 0 Å². The molecule has 0 N–H and O–H groups in total. The van der Waals surface area contributed by atoms with Gasteiger partial charge in [0.15, 0.2) is 0 Å². The van der Waals surface area contributed by atoms with Gasteiger partial charge in [-0.2, -0.15) is 0 Å². The van der Waals surface area contributed by atoms with Crippen molar-refractivity contribution in [1.82, 2.24) is 0 Å². The van der Waals surface area contributed by atoms with Gasteiger partial charge in [0.25, 0.3) is 0 Å². The second kappa shape index (κ2) is 14.7.